The molecule has 0 aliphatic heterocycles. The second-order valence-corrected chi connectivity index (χ2v) is 5.61. The fourth-order valence-corrected chi connectivity index (χ4v) is 2.01. The number of nitrogens with one attached hydrogen (secondary N) is 2. The molecule has 5 heteroatoms. The summed E-state index contributed by atoms with van der Waals surface area (Å²) >= 11 is 0. The summed E-state index contributed by atoms with van der Waals surface area (Å²) in [6.07, 6.45) is 3.54. The van der Waals surface area contributed by atoms with Crippen LogP contribution in [-0.2, 0) is 11.3 Å². The fraction of sp³-hybridized carbons (Fsp3) is 0.625. The van der Waals surface area contributed by atoms with E-state index in [0.29, 0.717) is 18.2 Å². The van der Waals surface area contributed by atoms with Gasteiger partial charge in [-0.25, -0.2) is 0 Å². The average molecular weight is 291 g/mol. The molecule has 2 N–H and O–H groups in total. The molecule has 116 valence electrons. The Hall–Kier alpha value is -1.62. The third-order valence-electron chi connectivity index (χ3n) is 3.43. The molecular formula is C16H25N3O2. The van der Waals surface area contributed by atoms with Crippen molar-refractivity contribution in [1.82, 2.24) is 15.6 Å². The van der Waals surface area contributed by atoms with Gasteiger partial charge in [0.05, 0.1) is 5.69 Å². The van der Waals surface area contributed by atoms with Crippen molar-refractivity contribution < 1.29 is 9.53 Å². The Kier molecular flexibility index (Phi) is 5.99. The number of hydrogen-bond acceptors (Lipinski definition) is 4. The number of ether oxygens (including phenoxy) is 1. The van der Waals surface area contributed by atoms with Gasteiger partial charge in [-0.15, -0.1) is 0 Å². The lowest BCUT2D eigenvalue weighted by Crippen LogP contribution is -2.30. The van der Waals surface area contributed by atoms with Crippen molar-refractivity contribution in [3.63, 3.8) is 0 Å². The Morgan fingerprint density at radius 1 is 1.43 bits per heavy atom. The van der Waals surface area contributed by atoms with Crippen LogP contribution < -0.4 is 15.4 Å². The van der Waals surface area contributed by atoms with E-state index >= 15 is 0 Å². The van der Waals surface area contributed by atoms with Crippen LogP contribution in [0, 0.1) is 12.8 Å². The second kappa shape index (κ2) is 7.98. The van der Waals surface area contributed by atoms with Gasteiger partial charge in [0.15, 0.2) is 6.61 Å². The van der Waals surface area contributed by atoms with E-state index in [1.165, 1.54) is 12.8 Å². The van der Waals surface area contributed by atoms with E-state index in [-0.39, 0.29) is 12.5 Å². The van der Waals surface area contributed by atoms with Gasteiger partial charge in [0.2, 0.25) is 0 Å². The van der Waals surface area contributed by atoms with Crippen LogP contribution in [0.5, 0.6) is 5.75 Å². The van der Waals surface area contributed by atoms with E-state index in [4.69, 9.17) is 4.74 Å². The normalized spacial score (nSPS) is 14.0. The molecule has 5 nitrogen and oxygen atoms in total. The maximum absolute atomic E-state index is 11.7. The first-order valence-corrected chi connectivity index (χ1v) is 7.75. The molecule has 0 unspecified atom stereocenters. The minimum atomic E-state index is -0.0602. The summed E-state index contributed by atoms with van der Waals surface area (Å²) in [5.41, 5.74) is 1.81. The third-order valence-corrected chi connectivity index (χ3v) is 3.43. The standard InChI is InChI=1S/C16H25N3O2/c1-3-8-17-10-14-15(7-4-12(2)19-14)21-11-16(20)18-9-13-5-6-13/h4,7,13,17H,3,5-6,8-11H2,1-2H3,(H,18,20). The number of carbonyl (C=O) groups is 1. The minimum Gasteiger partial charge on any atom is -0.482 e. The molecule has 1 heterocycles. The van der Waals surface area contributed by atoms with E-state index in [0.717, 1.165) is 30.9 Å². The van der Waals surface area contributed by atoms with Crippen molar-refractivity contribution in [1.29, 1.82) is 0 Å². The number of rotatable bonds is 9. The van der Waals surface area contributed by atoms with Gasteiger partial charge in [-0.3, -0.25) is 9.78 Å². The highest BCUT2D eigenvalue weighted by molar-refractivity contribution is 5.77. The molecule has 21 heavy (non-hydrogen) atoms. The lowest BCUT2D eigenvalue weighted by Gasteiger charge is -2.12. The van der Waals surface area contributed by atoms with Crippen LogP contribution in [0.2, 0.25) is 0 Å². The first-order valence-electron chi connectivity index (χ1n) is 7.75. The van der Waals surface area contributed by atoms with E-state index in [9.17, 15) is 4.79 Å². The number of hydrogen-bond donors (Lipinski definition) is 2. The molecule has 2 rings (SSSR count). The van der Waals surface area contributed by atoms with Crippen LogP contribution in [0.4, 0.5) is 0 Å². The highest BCUT2D eigenvalue weighted by atomic mass is 16.5. The molecule has 1 aliphatic carbocycles. The van der Waals surface area contributed by atoms with Gasteiger partial charge in [-0.05, 0) is 50.8 Å². The summed E-state index contributed by atoms with van der Waals surface area (Å²) in [6, 6.07) is 3.79. The van der Waals surface area contributed by atoms with Crippen molar-refractivity contribution in [2.24, 2.45) is 5.92 Å². The van der Waals surface area contributed by atoms with Gasteiger partial charge in [0.25, 0.3) is 5.91 Å². The van der Waals surface area contributed by atoms with Gasteiger partial charge in [0, 0.05) is 18.8 Å². The summed E-state index contributed by atoms with van der Waals surface area (Å²) in [6.45, 7) is 6.51. The van der Waals surface area contributed by atoms with Crippen molar-refractivity contribution >= 4 is 5.91 Å². The molecule has 1 fully saturated rings. The van der Waals surface area contributed by atoms with Crippen molar-refractivity contribution in [3.8, 4) is 5.75 Å². The van der Waals surface area contributed by atoms with Crippen LogP contribution in [0.3, 0.4) is 0 Å². The van der Waals surface area contributed by atoms with Crippen LogP contribution in [0.25, 0.3) is 0 Å². The Morgan fingerprint density at radius 2 is 2.24 bits per heavy atom. The zero-order valence-corrected chi connectivity index (χ0v) is 12.9. The summed E-state index contributed by atoms with van der Waals surface area (Å²) in [7, 11) is 0. The summed E-state index contributed by atoms with van der Waals surface area (Å²) in [5.74, 6) is 1.31. The molecule has 1 aromatic rings. The smallest absolute Gasteiger partial charge is 0.257 e. The monoisotopic (exact) mass is 291 g/mol. The topological polar surface area (TPSA) is 63.3 Å². The zero-order chi connectivity index (χ0) is 15.1. The number of aryl methyl sites for hydroxylation is 1. The molecule has 1 saturated carbocycles. The highest BCUT2D eigenvalue weighted by Crippen LogP contribution is 2.27. The quantitative estimate of drug-likeness (QED) is 0.681. The fourth-order valence-electron chi connectivity index (χ4n) is 2.01. The lowest BCUT2D eigenvalue weighted by atomic mass is 10.2. The van der Waals surface area contributed by atoms with Crippen molar-refractivity contribution in [2.75, 3.05) is 19.7 Å². The number of pyridine rings is 1. The zero-order valence-electron chi connectivity index (χ0n) is 12.9. The summed E-state index contributed by atoms with van der Waals surface area (Å²) in [4.78, 5) is 16.2. The molecular weight excluding hydrogens is 266 g/mol. The third kappa shape index (κ3) is 5.71. The predicted molar refractivity (Wildman–Crippen MR) is 82.2 cm³/mol. The number of carbonyl (C=O) groups excluding carboxylic acids is 1. The van der Waals surface area contributed by atoms with Crippen molar-refractivity contribution in [3.05, 3.63) is 23.5 Å². The van der Waals surface area contributed by atoms with Gasteiger partial charge in [0.1, 0.15) is 5.75 Å². The van der Waals surface area contributed by atoms with Gasteiger partial charge < -0.3 is 15.4 Å². The van der Waals surface area contributed by atoms with Gasteiger partial charge in [-0.1, -0.05) is 6.92 Å². The molecule has 0 radical (unpaired) electrons. The van der Waals surface area contributed by atoms with Crippen LogP contribution >= 0.6 is 0 Å². The van der Waals surface area contributed by atoms with Gasteiger partial charge in [-0.2, -0.15) is 0 Å². The molecule has 1 aromatic heterocycles. The maximum atomic E-state index is 11.7. The Balaban J connectivity index is 1.83. The Morgan fingerprint density at radius 3 is 2.95 bits per heavy atom. The largest absolute Gasteiger partial charge is 0.482 e. The number of nitrogens with zero attached hydrogens (tertiary/aromatic N) is 1. The first kappa shape index (κ1) is 15.8. The maximum Gasteiger partial charge on any atom is 0.257 e. The predicted octanol–water partition coefficient (Wildman–Crippen LogP) is 1.79. The molecule has 1 aliphatic rings. The SMILES string of the molecule is CCCNCc1nc(C)ccc1OCC(=O)NCC1CC1. The second-order valence-electron chi connectivity index (χ2n) is 5.61. The number of amides is 1. The first-order chi connectivity index (χ1) is 10.2. The lowest BCUT2D eigenvalue weighted by molar-refractivity contribution is -0.123. The molecule has 0 atom stereocenters. The average Bonchev–Trinajstić information content (AvgIpc) is 3.29. The Bertz CT molecular complexity index is 473. The molecule has 0 aromatic carbocycles. The van der Waals surface area contributed by atoms with E-state index in [1.807, 2.05) is 19.1 Å². The Labute approximate surface area is 126 Å². The highest BCUT2D eigenvalue weighted by Gasteiger charge is 2.21. The molecule has 0 bridgehead atoms. The van der Waals surface area contributed by atoms with Crippen LogP contribution in [-0.4, -0.2) is 30.6 Å². The van der Waals surface area contributed by atoms with E-state index < -0.39 is 0 Å². The van der Waals surface area contributed by atoms with E-state index in [1.54, 1.807) is 0 Å². The molecule has 0 spiro atoms. The summed E-state index contributed by atoms with van der Waals surface area (Å²) < 4.78 is 5.62. The van der Waals surface area contributed by atoms with E-state index in [2.05, 4.69) is 22.5 Å². The molecule has 0 saturated heterocycles. The number of aromatic nitrogens is 1. The van der Waals surface area contributed by atoms with Gasteiger partial charge >= 0.3 is 0 Å². The van der Waals surface area contributed by atoms with Crippen LogP contribution in [0.1, 0.15) is 37.6 Å². The summed E-state index contributed by atoms with van der Waals surface area (Å²) in [5, 5.41) is 6.21. The molecule has 1 amide bonds. The minimum absolute atomic E-state index is 0.0538. The van der Waals surface area contributed by atoms with Crippen molar-refractivity contribution in [2.45, 2.75) is 39.7 Å². The van der Waals surface area contributed by atoms with Crippen LogP contribution in [0.15, 0.2) is 12.1 Å².